The summed E-state index contributed by atoms with van der Waals surface area (Å²) < 4.78 is 1.46. The first kappa shape index (κ1) is 12.8. The van der Waals surface area contributed by atoms with E-state index in [4.69, 9.17) is 5.73 Å². The Labute approximate surface area is 116 Å². The molecule has 106 valence electrons. The highest BCUT2D eigenvalue weighted by atomic mass is 15.4. The van der Waals surface area contributed by atoms with Crippen LogP contribution >= 0.6 is 0 Å². The molecule has 2 heterocycles. The molecule has 2 aromatic rings. The van der Waals surface area contributed by atoms with Crippen molar-refractivity contribution in [2.75, 3.05) is 17.6 Å². The number of anilines is 2. The molecule has 1 fully saturated rings. The third-order valence-electron chi connectivity index (χ3n) is 3.98. The molecule has 0 atom stereocenters. The molecule has 0 radical (unpaired) electrons. The van der Waals surface area contributed by atoms with E-state index in [-0.39, 0.29) is 5.95 Å². The Bertz CT molecular complexity index is 588. The molecule has 1 aliphatic rings. The number of nitrogens with two attached hydrogens (primary N) is 1. The second kappa shape index (κ2) is 4.69. The molecular formula is C12H18N8. The van der Waals surface area contributed by atoms with Gasteiger partial charge in [-0.1, -0.05) is 13.8 Å². The van der Waals surface area contributed by atoms with Gasteiger partial charge in [0.05, 0.1) is 0 Å². The maximum atomic E-state index is 5.72. The summed E-state index contributed by atoms with van der Waals surface area (Å²) in [5.41, 5.74) is 6.09. The lowest BCUT2D eigenvalue weighted by Gasteiger charge is -2.20. The molecule has 0 bridgehead atoms. The van der Waals surface area contributed by atoms with Crippen LogP contribution in [0.3, 0.4) is 0 Å². The topological polar surface area (TPSA) is 107 Å². The van der Waals surface area contributed by atoms with Gasteiger partial charge in [0.1, 0.15) is 12.7 Å². The average molecular weight is 274 g/mol. The Kier molecular flexibility index (Phi) is 3.00. The molecule has 3 N–H and O–H groups in total. The van der Waals surface area contributed by atoms with Crippen LogP contribution < -0.4 is 11.1 Å². The van der Waals surface area contributed by atoms with Crippen LogP contribution in [0.5, 0.6) is 0 Å². The van der Waals surface area contributed by atoms with E-state index in [2.05, 4.69) is 44.2 Å². The first-order chi connectivity index (χ1) is 9.59. The van der Waals surface area contributed by atoms with E-state index in [0.717, 1.165) is 6.54 Å². The molecule has 1 aliphatic carbocycles. The smallest absolute Gasteiger partial charge is 0.258 e. The SMILES string of the molecule is CC(C)C1(CNc2nc(N)nc(-n3cncn3)n2)CC1. The van der Waals surface area contributed by atoms with E-state index in [1.54, 1.807) is 0 Å². The lowest BCUT2D eigenvalue weighted by molar-refractivity contribution is 0.379. The highest BCUT2D eigenvalue weighted by Gasteiger charge is 2.45. The average Bonchev–Trinajstić information content (AvgIpc) is 3.01. The van der Waals surface area contributed by atoms with Gasteiger partial charge in [-0.15, -0.1) is 0 Å². The van der Waals surface area contributed by atoms with Crippen LogP contribution in [0, 0.1) is 11.3 Å². The fourth-order valence-corrected chi connectivity index (χ4v) is 2.25. The van der Waals surface area contributed by atoms with Gasteiger partial charge in [0.25, 0.3) is 5.95 Å². The van der Waals surface area contributed by atoms with Crippen molar-refractivity contribution in [1.82, 2.24) is 29.7 Å². The molecule has 3 rings (SSSR count). The lowest BCUT2D eigenvalue weighted by Crippen LogP contribution is -2.22. The summed E-state index contributed by atoms with van der Waals surface area (Å²) in [7, 11) is 0. The predicted octanol–water partition coefficient (Wildman–Crippen LogP) is 0.883. The minimum Gasteiger partial charge on any atom is -0.368 e. The Morgan fingerprint density at radius 1 is 1.35 bits per heavy atom. The monoisotopic (exact) mass is 274 g/mol. The Morgan fingerprint density at radius 3 is 2.75 bits per heavy atom. The van der Waals surface area contributed by atoms with Crippen LogP contribution in [0.15, 0.2) is 12.7 Å². The van der Waals surface area contributed by atoms with Gasteiger partial charge in [-0.25, -0.2) is 4.98 Å². The highest BCUT2D eigenvalue weighted by molar-refractivity contribution is 5.35. The molecule has 20 heavy (non-hydrogen) atoms. The first-order valence-electron chi connectivity index (χ1n) is 6.69. The molecule has 0 saturated heterocycles. The molecule has 2 aromatic heterocycles. The van der Waals surface area contributed by atoms with Crippen molar-refractivity contribution < 1.29 is 0 Å². The zero-order chi connectivity index (χ0) is 14.2. The summed E-state index contributed by atoms with van der Waals surface area (Å²) in [5.74, 6) is 1.66. The third kappa shape index (κ3) is 2.40. The summed E-state index contributed by atoms with van der Waals surface area (Å²) in [4.78, 5) is 16.3. The van der Waals surface area contributed by atoms with Gasteiger partial charge >= 0.3 is 0 Å². The molecule has 0 spiro atoms. The standard InChI is InChI=1S/C12H18N8/c1-8(2)12(3-4-12)5-15-10-17-9(13)18-11(19-10)20-7-14-6-16-20/h6-8H,3-5H2,1-2H3,(H3,13,15,17,18,19). The van der Waals surface area contributed by atoms with Crippen LogP contribution in [-0.4, -0.2) is 36.3 Å². The molecule has 0 aliphatic heterocycles. The van der Waals surface area contributed by atoms with E-state index in [9.17, 15) is 0 Å². The second-order valence-corrected chi connectivity index (χ2v) is 5.53. The molecule has 8 nitrogen and oxygen atoms in total. The second-order valence-electron chi connectivity index (χ2n) is 5.53. The fourth-order valence-electron chi connectivity index (χ4n) is 2.25. The maximum absolute atomic E-state index is 5.72. The van der Waals surface area contributed by atoms with E-state index in [1.165, 1.54) is 30.2 Å². The number of rotatable bonds is 5. The van der Waals surface area contributed by atoms with E-state index in [1.807, 2.05) is 0 Å². The zero-order valence-corrected chi connectivity index (χ0v) is 11.6. The molecule has 1 saturated carbocycles. The van der Waals surface area contributed by atoms with Crippen molar-refractivity contribution in [1.29, 1.82) is 0 Å². The zero-order valence-electron chi connectivity index (χ0n) is 11.6. The molecule has 0 aromatic carbocycles. The fraction of sp³-hybridized carbons (Fsp3) is 0.583. The highest BCUT2D eigenvalue weighted by Crippen LogP contribution is 2.51. The van der Waals surface area contributed by atoms with Crippen molar-refractivity contribution in [3.8, 4) is 5.95 Å². The summed E-state index contributed by atoms with van der Waals surface area (Å²) in [6, 6.07) is 0. The summed E-state index contributed by atoms with van der Waals surface area (Å²) >= 11 is 0. The molecular weight excluding hydrogens is 256 g/mol. The van der Waals surface area contributed by atoms with Crippen molar-refractivity contribution in [2.24, 2.45) is 11.3 Å². The largest absolute Gasteiger partial charge is 0.368 e. The van der Waals surface area contributed by atoms with Gasteiger partial charge in [0.15, 0.2) is 0 Å². The van der Waals surface area contributed by atoms with Crippen LogP contribution in [-0.2, 0) is 0 Å². The van der Waals surface area contributed by atoms with E-state index >= 15 is 0 Å². The number of nitrogens with one attached hydrogen (secondary N) is 1. The normalized spacial score (nSPS) is 16.4. The lowest BCUT2D eigenvalue weighted by atomic mass is 9.92. The summed E-state index contributed by atoms with van der Waals surface area (Å²) in [6.45, 7) is 5.35. The summed E-state index contributed by atoms with van der Waals surface area (Å²) in [5, 5.41) is 7.26. The molecule has 0 unspecified atom stereocenters. The number of aromatic nitrogens is 6. The van der Waals surface area contributed by atoms with Crippen molar-refractivity contribution >= 4 is 11.9 Å². The number of hydrogen-bond acceptors (Lipinski definition) is 7. The Hall–Kier alpha value is -2.25. The molecule has 8 heteroatoms. The Morgan fingerprint density at radius 2 is 2.15 bits per heavy atom. The van der Waals surface area contributed by atoms with Gasteiger partial charge in [0, 0.05) is 6.54 Å². The maximum Gasteiger partial charge on any atom is 0.258 e. The van der Waals surface area contributed by atoms with Gasteiger partial charge < -0.3 is 11.1 Å². The van der Waals surface area contributed by atoms with Gasteiger partial charge in [-0.05, 0) is 24.2 Å². The van der Waals surface area contributed by atoms with Crippen molar-refractivity contribution in [2.45, 2.75) is 26.7 Å². The van der Waals surface area contributed by atoms with Gasteiger partial charge in [-0.2, -0.15) is 24.7 Å². The number of nitrogens with zero attached hydrogens (tertiary/aromatic N) is 6. The minimum absolute atomic E-state index is 0.169. The first-order valence-corrected chi connectivity index (χ1v) is 6.69. The quantitative estimate of drug-likeness (QED) is 0.833. The third-order valence-corrected chi connectivity index (χ3v) is 3.98. The van der Waals surface area contributed by atoms with Crippen molar-refractivity contribution in [3.63, 3.8) is 0 Å². The predicted molar refractivity (Wildman–Crippen MR) is 74.2 cm³/mol. The van der Waals surface area contributed by atoms with Crippen LogP contribution in [0.25, 0.3) is 5.95 Å². The number of hydrogen-bond donors (Lipinski definition) is 2. The Balaban J connectivity index is 1.77. The summed E-state index contributed by atoms with van der Waals surface area (Å²) in [6.07, 6.45) is 5.43. The molecule has 0 amide bonds. The minimum atomic E-state index is 0.169. The number of nitrogen functional groups attached to an aromatic ring is 1. The van der Waals surface area contributed by atoms with Crippen LogP contribution in [0.2, 0.25) is 0 Å². The van der Waals surface area contributed by atoms with Gasteiger partial charge in [0.2, 0.25) is 11.9 Å². The van der Waals surface area contributed by atoms with Crippen molar-refractivity contribution in [3.05, 3.63) is 12.7 Å². The van der Waals surface area contributed by atoms with Gasteiger partial charge in [-0.3, -0.25) is 0 Å². The van der Waals surface area contributed by atoms with E-state index in [0.29, 0.717) is 23.2 Å². The van der Waals surface area contributed by atoms with Crippen LogP contribution in [0.4, 0.5) is 11.9 Å². The van der Waals surface area contributed by atoms with E-state index < -0.39 is 0 Å². The van der Waals surface area contributed by atoms with Crippen LogP contribution in [0.1, 0.15) is 26.7 Å².